The molecule has 1 unspecified atom stereocenters. The quantitative estimate of drug-likeness (QED) is 0.810. The maximum Gasteiger partial charge on any atom is 0.326 e. The van der Waals surface area contributed by atoms with E-state index in [1.54, 1.807) is 13.8 Å². The van der Waals surface area contributed by atoms with Crippen LogP contribution in [-0.4, -0.2) is 47.2 Å². The lowest BCUT2D eigenvalue weighted by Gasteiger charge is -2.33. The van der Waals surface area contributed by atoms with Gasteiger partial charge >= 0.3 is 5.97 Å². The Kier molecular flexibility index (Phi) is 4.51. The third-order valence-electron chi connectivity index (χ3n) is 3.32. The van der Waals surface area contributed by atoms with Gasteiger partial charge in [0, 0.05) is 13.7 Å². The third-order valence-corrected chi connectivity index (χ3v) is 3.32. The number of amides is 1. The number of ether oxygens (including phenoxy) is 1. The maximum absolute atomic E-state index is 12.3. The average molecular weight is 243 g/mol. The Morgan fingerprint density at radius 2 is 1.94 bits per heavy atom. The number of nitrogens with zero attached hydrogens (tertiary/aromatic N) is 1. The Balaban J connectivity index is 2.90. The first kappa shape index (κ1) is 14.0. The summed E-state index contributed by atoms with van der Waals surface area (Å²) in [6.07, 6.45) is 3.21. The molecule has 1 saturated heterocycles. The largest absolute Gasteiger partial charge is 0.480 e. The zero-order valence-electron chi connectivity index (χ0n) is 10.7. The molecule has 17 heavy (non-hydrogen) atoms. The van der Waals surface area contributed by atoms with E-state index < -0.39 is 17.6 Å². The van der Waals surface area contributed by atoms with Crippen LogP contribution in [0.15, 0.2) is 0 Å². The molecule has 1 fully saturated rings. The van der Waals surface area contributed by atoms with Crippen molar-refractivity contribution in [3.8, 4) is 0 Å². The second-order valence-electron chi connectivity index (χ2n) is 4.92. The average Bonchev–Trinajstić information content (AvgIpc) is 2.53. The van der Waals surface area contributed by atoms with Crippen molar-refractivity contribution in [1.29, 1.82) is 0 Å². The molecule has 1 aliphatic heterocycles. The fraction of sp³-hybridized carbons (Fsp3) is 0.833. The number of hydrogen-bond donors (Lipinski definition) is 1. The molecular formula is C12H21NO4. The van der Waals surface area contributed by atoms with Crippen LogP contribution in [0.4, 0.5) is 0 Å². The number of hydrogen-bond acceptors (Lipinski definition) is 3. The van der Waals surface area contributed by atoms with Crippen LogP contribution in [0.3, 0.4) is 0 Å². The van der Waals surface area contributed by atoms with E-state index in [0.717, 1.165) is 19.3 Å². The van der Waals surface area contributed by atoms with Crippen LogP contribution >= 0.6 is 0 Å². The molecule has 0 aromatic rings. The van der Waals surface area contributed by atoms with E-state index in [4.69, 9.17) is 4.74 Å². The van der Waals surface area contributed by atoms with Gasteiger partial charge in [-0.1, -0.05) is 12.8 Å². The van der Waals surface area contributed by atoms with Gasteiger partial charge in [-0.15, -0.1) is 0 Å². The summed E-state index contributed by atoms with van der Waals surface area (Å²) >= 11 is 0. The molecule has 1 rings (SSSR count). The highest BCUT2D eigenvalue weighted by molar-refractivity contribution is 5.88. The number of carbonyl (C=O) groups is 2. The minimum Gasteiger partial charge on any atom is -0.480 e. The van der Waals surface area contributed by atoms with E-state index in [9.17, 15) is 14.7 Å². The fourth-order valence-electron chi connectivity index (χ4n) is 2.04. The number of carboxylic acids is 1. The van der Waals surface area contributed by atoms with E-state index in [1.165, 1.54) is 12.0 Å². The molecule has 0 aliphatic carbocycles. The molecule has 0 aromatic heterocycles. The summed E-state index contributed by atoms with van der Waals surface area (Å²) in [4.78, 5) is 24.9. The highest BCUT2D eigenvalue weighted by Crippen LogP contribution is 2.22. The highest BCUT2D eigenvalue weighted by Gasteiger charge is 2.38. The molecule has 0 saturated carbocycles. The molecule has 1 amide bonds. The Bertz CT molecular complexity index is 301. The number of aliphatic carboxylic acids is 1. The van der Waals surface area contributed by atoms with E-state index >= 15 is 0 Å². The molecule has 0 spiro atoms. The van der Waals surface area contributed by atoms with Gasteiger partial charge in [0.1, 0.15) is 11.6 Å². The van der Waals surface area contributed by atoms with Crippen LogP contribution in [0.25, 0.3) is 0 Å². The molecular weight excluding hydrogens is 222 g/mol. The van der Waals surface area contributed by atoms with Gasteiger partial charge in [0.25, 0.3) is 5.91 Å². The highest BCUT2D eigenvalue weighted by atomic mass is 16.5. The SMILES string of the molecule is COC(C)(C)C(=O)N1CCCCCC1C(=O)O. The summed E-state index contributed by atoms with van der Waals surface area (Å²) in [7, 11) is 1.46. The summed E-state index contributed by atoms with van der Waals surface area (Å²) < 4.78 is 5.14. The molecule has 1 atom stereocenters. The van der Waals surface area contributed by atoms with Gasteiger partial charge < -0.3 is 14.7 Å². The first-order valence-electron chi connectivity index (χ1n) is 5.99. The fourth-order valence-corrected chi connectivity index (χ4v) is 2.04. The van der Waals surface area contributed by atoms with E-state index in [1.807, 2.05) is 0 Å². The Morgan fingerprint density at radius 1 is 1.29 bits per heavy atom. The van der Waals surface area contributed by atoms with Crippen molar-refractivity contribution in [2.45, 2.75) is 51.2 Å². The van der Waals surface area contributed by atoms with Crippen LogP contribution < -0.4 is 0 Å². The minimum absolute atomic E-state index is 0.241. The standard InChI is InChI=1S/C12H21NO4/c1-12(2,17-3)11(16)13-8-6-4-5-7-9(13)10(14)15/h9H,4-8H2,1-3H3,(H,14,15). The first-order chi connectivity index (χ1) is 7.90. The van der Waals surface area contributed by atoms with Gasteiger partial charge in [-0.05, 0) is 26.7 Å². The molecule has 5 heteroatoms. The summed E-state index contributed by atoms with van der Waals surface area (Å²) in [5.41, 5.74) is -0.960. The zero-order valence-corrected chi connectivity index (χ0v) is 10.7. The smallest absolute Gasteiger partial charge is 0.326 e. The van der Waals surface area contributed by atoms with Crippen molar-refractivity contribution in [3.05, 3.63) is 0 Å². The molecule has 98 valence electrons. The third kappa shape index (κ3) is 3.19. The molecule has 0 bridgehead atoms. The van der Waals surface area contributed by atoms with Crippen molar-refractivity contribution >= 4 is 11.9 Å². The summed E-state index contributed by atoms with van der Waals surface area (Å²) in [5.74, 6) is -1.17. The van der Waals surface area contributed by atoms with Crippen molar-refractivity contribution < 1.29 is 19.4 Å². The second-order valence-corrected chi connectivity index (χ2v) is 4.92. The van der Waals surface area contributed by atoms with Crippen molar-refractivity contribution in [1.82, 2.24) is 4.90 Å². The number of likely N-dealkylation sites (tertiary alicyclic amines) is 1. The first-order valence-corrected chi connectivity index (χ1v) is 5.99. The predicted molar refractivity (Wildman–Crippen MR) is 62.7 cm³/mol. The number of methoxy groups -OCH3 is 1. The topological polar surface area (TPSA) is 66.8 Å². The lowest BCUT2D eigenvalue weighted by molar-refractivity contribution is -0.160. The van der Waals surface area contributed by atoms with E-state index in [-0.39, 0.29) is 5.91 Å². The van der Waals surface area contributed by atoms with Crippen LogP contribution in [0.2, 0.25) is 0 Å². The monoisotopic (exact) mass is 243 g/mol. The Hall–Kier alpha value is -1.10. The maximum atomic E-state index is 12.3. The van der Waals surface area contributed by atoms with Gasteiger partial charge in [-0.25, -0.2) is 4.79 Å². The van der Waals surface area contributed by atoms with Crippen LogP contribution in [0.5, 0.6) is 0 Å². The van der Waals surface area contributed by atoms with Crippen LogP contribution in [-0.2, 0) is 14.3 Å². The van der Waals surface area contributed by atoms with Crippen molar-refractivity contribution in [2.24, 2.45) is 0 Å². The molecule has 5 nitrogen and oxygen atoms in total. The van der Waals surface area contributed by atoms with Gasteiger partial charge in [-0.2, -0.15) is 0 Å². The second kappa shape index (κ2) is 5.49. The zero-order chi connectivity index (χ0) is 13.1. The summed E-state index contributed by atoms with van der Waals surface area (Å²) in [6.45, 7) is 3.83. The number of carboxylic acid groups (broad SMARTS) is 1. The molecule has 0 radical (unpaired) electrons. The predicted octanol–water partition coefficient (Wildman–Crippen LogP) is 1.27. The normalized spacial score (nSPS) is 22.1. The minimum atomic E-state index is -0.960. The number of rotatable bonds is 3. The molecule has 0 aromatic carbocycles. The molecule has 1 aliphatic rings. The van der Waals surface area contributed by atoms with E-state index in [2.05, 4.69) is 0 Å². The van der Waals surface area contributed by atoms with Gasteiger partial charge in [0.05, 0.1) is 0 Å². The lowest BCUT2D eigenvalue weighted by atomic mass is 10.0. The Labute approximate surface area is 102 Å². The van der Waals surface area contributed by atoms with Crippen LogP contribution in [0, 0.1) is 0 Å². The molecule has 1 N–H and O–H groups in total. The van der Waals surface area contributed by atoms with Gasteiger partial charge in [-0.3, -0.25) is 4.79 Å². The number of carbonyl (C=O) groups excluding carboxylic acids is 1. The van der Waals surface area contributed by atoms with Gasteiger partial charge in [0.15, 0.2) is 0 Å². The van der Waals surface area contributed by atoms with Gasteiger partial charge in [0.2, 0.25) is 0 Å². The van der Waals surface area contributed by atoms with Crippen molar-refractivity contribution in [3.63, 3.8) is 0 Å². The summed E-state index contributed by atoms with van der Waals surface area (Å²) in [5, 5.41) is 9.19. The molecule has 1 heterocycles. The summed E-state index contributed by atoms with van der Waals surface area (Å²) in [6, 6.07) is -0.709. The van der Waals surface area contributed by atoms with Crippen molar-refractivity contribution in [2.75, 3.05) is 13.7 Å². The van der Waals surface area contributed by atoms with E-state index in [0.29, 0.717) is 13.0 Å². The van der Waals surface area contributed by atoms with Crippen LogP contribution in [0.1, 0.15) is 39.5 Å². The Morgan fingerprint density at radius 3 is 2.47 bits per heavy atom. The lowest BCUT2D eigenvalue weighted by Crippen LogP contribution is -2.53.